The fraction of sp³-hybridized carbons (Fsp3) is 0.308. The number of carbonyl (C=O) groups is 4. The Labute approximate surface area is 385 Å². The van der Waals surface area contributed by atoms with Crippen LogP contribution in [0.15, 0.2) is 122 Å². The van der Waals surface area contributed by atoms with Gasteiger partial charge in [-0.05, 0) is 108 Å². The van der Waals surface area contributed by atoms with Crippen LogP contribution in [0.5, 0.6) is 0 Å². The second-order valence-electron chi connectivity index (χ2n) is 18.2. The van der Waals surface area contributed by atoms with E-state index in [4.69, 9.17) is 14.5 Å². The van der Waals surface area contributed by atoms with Gasteiger partial charge in [0, 0.05) is 17.7 Å². The first-order valence-electron chi connectivity index (χ1n) is 22.0. The molecule has 66 heavy (non-hydrogen) atoms. The van der Waals surface area contributed by atoms with Gasteiger partial charge < -0.3 is 40.3 Å². The number of amides is 4. The first-order valence-corrected chi connectivity index (χ1v) is 22.0. The average molecular weight is 889 g/mol. The van der Waals surface area contributed by atoms with E-state index in [9.17, 15) is 19.2 Å². The van der Waals surface area contributed by atoms with Gasteiger partial charge in [0.1, 0.15) is 34.9 Å². The quantitative estimate of drug-likeness (QED) is 0.0798. The molecule has 340 valence electrons. The molecule has 2 aromatic heterocycles. The van der Waals surface area contributed by atoms with Crippen molar-refractivity contribution in [1.82, 2.24) is 40.8 Å². The number of nitrogens with zero attached hydrogens (tertiary/aromatic N) is 3. The van der Waals surface area contributed by atoms with Crippen molar-refractivity contribution in [2.45, 2.75) is 96.7 Å². The van der Waals surface area contributed by atoms with E-state index >= 15 is 0 Å². The zero-order valence-electron chi connectivity index (χ0n) is 38.3. The van der Waals surface area contributed by atoms with Crippen LogP contribution in [0.4, 0.5) is 9.59 Å². The third kappa shape index (κ3) is 12.1. The molecular weight excluding hydrogens is 833 g/mol. The number of H-pyrrole nitrogens is 2. The largest absolute Gasteiger partial charge is 0.444 e. The molecule has 0 radical (unpaired) electrons. The Hall–Kier alpha value is -7.66. The topological polar surface area (TPSA) is 183 Å². The van der Waals surface area contributed by atoms with Crippen LogP contribution in [0.25, 0.3) is 22.5 Å². The van der Waals surface area contributed by atoms with Crippen molar-refractivity contribution in [2.24, 2.45) is 0 Å². The number of aromatic amines is 2. The third-order valence-corrected chi connectivity index (χ3v) is 10.7. The number of rotatable bonds is 11. The SMILES string of the molecule is CC(NC(=O)C(NC(=O)OC(C)(C)C)c1ccccc1)c1ncc(-c2ccc(C#Cc3ccc(-c4cnc(C5CCCN5C(=O)C(NC(=O)OC(C)(C)C)c5ccccc5)[nH]4)cc3)cc2)[nH]1. The van der Waals surface area contributed by atoms with Gasteiger partial charge >= 0.3 is 12.2 Å². The van der Waals surface area contributed by atoms with Gasteiger partial charge in [0.15, 0.2) is 0 Å². The maximum absolute atomic E-state index is 14.1. The summed E-state index contributed by atoms with van der Waals surface area (Å²) >= 11 is 0. The van der Waals surface area contributed by atoms with Gasteiger partial charge in [-0.3, -0.25) is 9.59 Å². The lowest BCUT2D eigenvalue weighted by atomic mass is 10.0. The molecular formula is C52H56N8O6. The Morgan fingerprint density at radius 2 is 1.14 bits per heavy atom. The number of ether oxygens (including phenoxy) is 2. The fourth-order valence-electron chi connectivity index (χ4n) is 7.54. The van der Waals surface area contributed by atoms with E-state index in [-0.39, 0.29) is 11.9 Å². The van der Waals surface area contributed by atoms with Gasteiger partial charge in [-0.2, -0.15) is 0 Å². The van der Waals surface area contributed by atoms with Gasteiger partial charge in [0.05, 0.1) is 35.9 Å². The Kier molecular flexibility index (Phi) is 14.1. The van der Waals surface area contributed by atoms with Crippen LogP contribution in [0.2, 0.25) is 0 Å². The summed E-state index contributed by atoms with van der Waals surface area (Å²) in [6, 6.07) is 31.2. The van der Waals surface area contributed by atoms with Crippen LogP contribution in [0.3, 0.4) is 0 Å². The fourth-order valence-corrected chi connectivity index (χ4v) is 7.54. The van der Waals surface area contributed by atoms with Crippen LogP contribution in [0.1, 0.15) is 119 Å². The van der Waals surface area contributed by atoms with Gasteiger partial charge in [-0.25, -0.2) is 19.6 Å². The number of aromatic nitrogens is 4. The monoisotopic (exact) mass is 888 g/mol. The summed E-state index contributed by atoms with van der Waals surface area (Å²) in [5, 5.41) is 8.47. The summed E-state index contributed by atoms with van der Waals surface area (Å²) in [7, 11) is 0. The zero-order chi connectivity index (χ0) is 47.0. The molecule has 14 heteroatoms. The second-order valence-corrected chi connectivity index (χ2v) is 18.2. The van der Waals surface area contributed by atoms with Crippen molar-refractivity contribution >= 4 is 24.0 Å². The number of imidazole rings is 2. The van der Waals surface area contributed by atoms with E-state index in [1.54, 1.807) is 83.1 Å². The minimum Gasteiger partial charge on any atom is -0.444 e. The average Bonchev–Trinajstić information content (AvgIpc) is 4.09. The number of benzene rings is 4. The molecule has 1 saturated heterocycles. The highest BCUT2D eigenvalue weighted by Crippen LogP contribution is 2.34. The molecule has 4 unspecified atom stereocenters. The number of alkyl carbamates (subject to hydrolysis) is 2. The smallest absolute Gasteiger partial charge is 0.408 e. The molecule has 6 aromatic rings. The van der Waals surface area contributed by atoms with E-state index in [0.29, 0.717) is 29.3 Å². The Morgan fingerprint density at radius 3 is 1.67 bits per heavy atom. The zero-order valence-corrected chi connectivity index (χ0v) is 38.3. The molecule has 4 aromatic carbocycles. The molecule has 0 saturated carbocycles. The van der Waals surface area contributed by atoms with Crippen molar-refractivity contribution in [1.29, 1.82) is 0 Å². The lowest BCUT2D eigenvalue weighted by Gasteiger charge is -2.29. The van der Waals surface area contributed by atoms with Crippen LogP contribution in [-0.4, -0.2) is 66.6 Å². The van der Waals surface area contributed by atoms with E-state index in [1.165, 1.54) is 0 Å². The first-order chi connectivity index (χ1) is 31.5. The van der Waals surface area contributed by atoms with Crippen molar-refractivity contribution in [3.05, 3.63) is 155 Å². The standard InChI is InChI=1S/C52H56N8O6/c1-33(55-47(61)43(38-15-10-8-11-16-38)58-49(63)65-51(2,3)4)45-53-31-40(56-45)36-26-22-34(23-27-36)20-21-35-24-28-37(29-25-35)41-32-54-46(57-41)42-19-14-30-60(42)48(62)44(39-17-12-9-13-18-39)59-50(64)66-52(5,6)7/h8-13,15-18,22-29,31-33,42-44H,14,19,30H2,1-7H3,(H,53,56)(H,54,57)(H,55,61)(H,58,63)(H,59,64). The number of likely N-dealkylation sites (tertiary alicyclic amines) is 1. The number of hydrogen-bond acceptors (Lipinski definition) is 8. The second kappa shape index (κ2) is 20.0. The lowest BCUT2D eigenvalue weighted by molar-refractivity contribution is -0.134. The summed E-state index contributed by atoms with van der Waals surface area (Å²) in [6.45, 7) is 13.0. The molecule has 5 N–H and O–H groups in total. The maximum atomic E-state index is 14.1. The Bertz CT molecular complexity index is 2690. The van der Waals surface area contributed by atoms with Gasteiger partial charge in [-0.1, -0.05) is 96.8 Å². The minimum absolute atomic E-state index is 0.223. The van der Waals surface area contributed by atoms with Gasteiger partial charge in [-0.15, -0.1) is 0 Å². The molecule has 1 aliphatic rings. The third-order valence-electron chi connectivity index (χ3n) is 10.7. The Balaban J connectivity index is 0.961. The van der Waals surface area contributed by atoms with Crippen LogP contribution >= 0.6 is 0 Å². The van der Waals surface area contributed by atoms with Crippen molar-refractivity contribution in [3.8, 4) is 34.4 Å². The summed E-state index contributed by atoms with van der Waals surface area (Å²) in [4.78, 5) is 70.9. The van der Waals surface area contributed by atoms with Gasteiger partial charge in [0.2, 0.25) is 5.91 Å². The van der Waals surface area contributed by atoms with E-state index in [0.717, 1.165) is 46.5 Å². The van der Waals surface area contributed by atoms with Gasteiger partial charge in [0.25, 0.3) is 5.91 Å². The molecule has 4 atom stereocenters. The number of hydrogen-bond donors (Lipinski definition) is 5. The normalized spacial score (nSPS) is 15.1. The van der Waals surface area contributed by atoms with Crippen LogP contribution in [-0.2, 0) is 19.1 Å². The number of nitrogens with one attached hydrogen (secondary N) is 5. The summed E-state index contributed by atoms with van der Waals surface area (Å²) in [5.74, 6) is 7.09. The molecule has 0 spiro atoms. The van der Waals surface area contributed by atoms with Crippen LogP contribution < -0.4 is 16.0 Å². The molecule has 4 amide bonds. The van der Waals surface area contributed by atoms with Crippen molar-refractivity contribution < 1.29 is 28.7 Å². The van der Waals surface area contributed by atoms with E-state index in [1.807, 2.05) is 91.9 Å². The molecule has 0 aliphatic carbocycles. The lowest BCUT2D eigenvalue weighted by Crippen LogP contribution is -2.44. The van der Waals surface area contributed by atoms with E-state index < -0.39 is 47.4 Å². The highest BCUT2D eigenvalue weighted by molar-refractivity contribution is 5.88. The first kappa shape index (κ1) is 46.3. The minimum atomic E-state index is -0.972. The van der Waals surface area contributed by atoms with Crippen molar-refractivity contribution in [2.75, 3.05) is 6.54 Å². The number of carbonyl (C=O) groups excluding carboxylic acids is 4. The molecule has 3 heterocycles. The summed E-state index contributed by atoms with van der Waals surface area (Å²) < 4.78 is 10.9. The van der Waals surface area contributed by atoms with Crippen molar-refractivity contribution in [3.63, 3.8) is 0 Å². The molecule has 0 bridgehead atoms. The summed E-state index contributed by atoms with van der Waals surface area (Å²) in [6.07, 6.45) is 3.68. The van der Waals surface area contributed by atoms with E-state index in [2.05, 4.69) is 42.7 Å². The highest BCUT2D eigenvalue weighted by atomic mass is 16.6. The molecule has 1 aliphatic heterocycles. The molecule has 14 nitrogen and oxygen atoms in total. The Morgan fingerprint density at radius 1 is 0.652 bits per heavy atom. The summed E-state index contributed by atoms with van der Waals surface area (Å²) in [5.41, 5.74) is 4.93. The molecule has 7 rings (SSSR count). The predicted octanol–water partition coefficient (Wildman–Crippen LogP) is 9.24. The predicted molar refractivity (Wildman–Crippen MR) is 251 cm³/mol. The van der Waals surface area contributed by atoms with Crippen LogP contribution in [0, 0.1) is 11.8 Å². The maximum Gasteiger partial charge on any atom is 0.408 e. The molecule has 1 fully saturated rings. The highest BCUT2D eigenvalue weighted by Gasteiger charge is 2.37.